The number of hydrogen-bond donors (Lipinski definition) is 1. The minimum atomic E-state index is -0.803. The predicted octanol–water partition coefficient (Wildman–Crippen LogP) is 2.68. The van der Waals surface area contributed by atoms with Crippen LogP contribution in [-0.2, 0) is 21.4 Å². The molecule has 1 aliphatic carbocycles. The Bertz CT molecular complexity index is 663. The van der Waals surface area contributed by atoms with Crippen molar-refractivity contribution in [2.24, 2.45) is 13.0 Å². The molecule has 2 rings (SSSR count). The SMILES string of the molecule is Cc1nn(C)c(C)c1/C=C/C(=O)O[C@H](C)C(=O)N[C@H]1CCCC[C@@H]1C. The second kappa shape index (κ2) is 8.32. The smallest absolute Gasteiger partial charge is 0.331 e. The van der Waals surface area contributed by atoms with Crippen LogP contribution in [0, 0.1) is 19.8 Å². The average Bonchev–Trinajstić information content (AvgIpc) is 2.80. The molecule has 1 aromatic heterocycles. The number of carbonyl (C=O) groups excluding carboxylic acids is 2. The third kappa shape index (κ3) is 4.94. The fraction of sp³-hybridized carbons (Fsp3) is 0.632. The van der Waals surface area contributed by atoms with Crippen molar-refractivity contribution in [1.29, 1.82) is 0 Å². The Morgan fingerprint density at radius 3 is 2.60 bits per heavy atom. The van der Waals surface area contributed by atoms with Crippen LogP contribution in [0.25, 0.3) is 6.08 Å². The number of hydrogen-bond acceptors (Lipinski definition) is 4. The van der Waals surface area contributed by atoms with Gasteiger partial charge >= 0.3 is 5.97 Å². The van der Waals surface area contributed by atoms with Gasteiger partial charge in [0.25, 0.3) is 5.91 Å². The first-order valence-corrected chi connectivity index (χ1v) is 8.99. The standard InChI is InChI=1S/C19H29N3O3/c1-12-8-6-7-9-17(12)20-19(24)15(4)25-18(23)11-10-16-13(2)21-22(5)14(16)3/h10-12,15,17H,6-9H2,1-5H3,(H,20,24)/b11-10+/t12-,15+,17-/m0/s1. The van der Waals surface area contributed by atoms with Gasteiger partial charge in [0.05, 0.1) is 5.69 Å². The molecular formula is C19H29N3O3. The molecule has 1 saturated carbocycles. The van der Waals surface area contributed by atoms with E-state index in [2.05, 4.69) is 17.3 Å². The molecule has 0 aliphatic heterocycles. The molecule has 0 spiro atoms. The summed E-state index contributed by atoms with van der Waals surface area (Å²) in [5.74, 6) is -0.284. The summed E-state index contributed by atoms with van der Waals surface area (Å²) in [6.45, 7) is 7.59. The molecule has 1 aromatic rings. The van der Waals surface area contributed by atoms with Gasteiger partial charge in [-0.1, -0.05) is 19.8 Å². The zero-order valence-corrected chi connectivity index (χ0v) is 15.8. The van der Waals surface area contributed by atoms with Gasteiger partial charge in [0.15, 0.2) is 6.10 Å². The molecule has 0 bridgehead atoms. The van der Waals surface area contributed by atoms with Crippen LogP contribution in [0.2, 0.25) is 0 Å². The van der Waals surface area contributed by atoms with Crippen molar-refractivity contribution in [2.75, 3.05) is 0 Å². The highest BCUT2D eigenvalue weighted by Crippen LogP contribution is 2.23. The Hall–Kier alpha value is -2.11. The normalized spacial score (nSPS) is 22.0. The Balaban J connectivity index is 1.88. The van der Waals surface area contributed by atoms with Gasteiger partial charge in [-0.15, -0.1) is 0 Å². The monoisotopic (exact) mass is 347 g/mol. The van der Waals surface area contributed by atoms with Gasteiger partial charge in [-0.3, -0.25) is 9.48 Å². The van der Waals surface area contributed by atoms with Crippen molar-refractivity contribution >= 4 is 18.0 Å². The summed E-state index contributed by atoms with van der Waals surface area (Å²) in [5, 5.41) is 7.31. The lowest BCUT2D eigenvalue weighted by atomic mass is 9.86. The number of carbonyl (C=O) groups is 2. The van der Waals surface area contributed by atoms with E-state index in [0.29, 0.717) is 5.92 Å². The lowest BCUT2D eigenvalue weighted by Gasteiger charge is -2.30. The van der Waals surface area contributed by atoms with Gasteiger partial charge in [0.1, 0.15) is 0 Å². The average molecular weight is 347 g/mol. The van der Waals surface area contributed by atoms with Crippen molar-refractivity contribution in [3.8, 4) is 0 Å². The molecule has 6 nitrogen and oxygen atoms in total. The molecule has 0 aromatic carbocycles. The summed E-state index contributed by atoms with van der Waals surface area (Å²) in [7, 11) is 1.86. The molecule has 0 radical (unpaired) electrons. The molecule has 0 unspecified atom stereocenters. The van der Waals surface area contributed by atoms with Crippen LogP contribution < -0.4 is 5.32 Å². The Kier molecular flexibility index (Phi) is 6.39. The second-order valence-corrected chi connectivity index (χ2v) is 7.00. The molecule has 138 valence electrons. The van der Waals surface area contributed by atoms with Crippen LogP contribution in [-0.4, -0.2) is 33.8 Å². The summed E-state index contributed by atoms with van der Waals surface area (Å²) >= 11 is 0. The summed E-state index contributed by atoms with van der Waals surface area (Å²) < 4.78 is 7.00. The highest BCUT2D eigenvalue weighted by atomic mass is 16.5. The summed E-state index contributed by atoms with van der Waals surface area (Å²) in [5.41, 5.74) is 2.72. The minimum Gasteiger partial charge on any atom is -0.449 e. The third-order valence-corrected chi connectivity index (χ3v) is 5.05. The molecule has 1 amide bonds. The molecular weight excluding hydrogens is 318 g/mol. The van der Waals surface area contributed by atoms with E-state index in [-0.39, 0.29) is 11.9 Å². The first kappa shape index (κ1) is 19.2. The van der Waals surface area contributed by atoms with Crippen LogP contribution in [0.1, 0.15) is 56.5 Å². The zero-order chi connectivity index (χ0) is 18.6. The van der Waals surface area contributed by atoms with E-state index in [0.717, 1.165) is 36.2 Å². The number of amides is 1. The molecule has 1 heterocycles. The molecule has 1 aliphatic rings. The molecule has 1 N–H and O–H groups in total. The second-order valence-electron chi connectivity index (χ2n) is 7.00. The van der Waals surface area contributed by atoms with E-state index < -0.39 is 12.1 Å². The van der Waals surface area contributed by atoms with Gasteiger partial charge in [0.2, 0.25) is 0 Å². The number of aromatic nitrogens is 2. The first-order chi connectivity index (χ1) is 11.8. The number of esters is 1. The number of ether oxygens (including phenoxy) is 1. The van der Waals surface area contributed by atoms with Gasteiger partial charge in [-0.25, -0.2) is 4.79 Å². The fourth-order valence-electron chi connectivity index (χ4n) is 3.28. The van der Waals surface area contributed by atoms with Crippen LogP contribution in [0.4, 0.5) is 0 Å². The van der Waals surface area contributed by atoms with Crippen LogP contribution >= 0.6 is 0 Å². The lowest BCUT2D eigenvalue weighted by molar-refractivity contribution is -0.150. The number of rotatable bonds is 5. The largest absolute Gasteiger partial charge is 0.449 e. The van der Waals surface area contributed by atoms with E-state index in [1.54, 1.807) is 17.7 Å². The highest BCUT2D eigenvalue weighted by Gasteiger charge is 2.26. The van der Waals surface area contributed by atoms with E-state index in [9.17, 15) is 9.59 Å². The molecule has 3 atom stereocenters. The maximum absolute atomic E-state index is 12.3. The van der Waals surface area contributed by atoms with Gasteiger partial charge < -0.3 is 10.1 Å². The maximum atomic E-state index is 12.3. The molecule has 25 heavy (non-hydrogen) atoms. The van der Waals surface area contributed by atoms with Crippen molar-refractivity contribution in [3.63, 3.8) is 0 Å². The topological polar surface area (TPSA) is 73.2 Å². The van der Waals surface area contributed by atoms with E-state index in [4.69, 9.17) is 4.74 Å². The summed E-state index contributed by atoms with van der Waals surface area (Å²) in [4.78, 5) is 24.3. The molecule has 6 heteroatoms. The van der Waals surface area contributed by atoms with E-state index in [1.807, 2.05) is 20.9 Å². The number of nitrogens with zero attached hydrogens (tertiary/aromatic N) is 2. The van der Waals surface area contributed by atoms with Crippen LogP contribution in [0.3, 0.4) is 0 Å². The Labute approximate surface area is 149 Å². The first-order valence-electron chi connectivity index (χ1n) is 8.99. The zero-order valence-electron chi connectivity index (χ0n) is 15.8. The summed E-state index contributed by atoms with van der Waals surface area (Å²) in [6.07, 6.45) is 6.71. The van der Waals surface area contributed by atoms with Crippen molar-refractivity contribution in [1.82, 2.24) is 15.1 Å². The Morgan fingerprint density at radius 1 is 1.32 bits per heavy atom. The van der Waals surface area contributed by atoms with E-state index >= 15 is 0 Å². The minimum absolute atomic E-state index is 0.179. The van der Waals surface area contributed by atoms with Crippen molar-refractivity contribution < 1.29 is 14.3 Å². The highest BCUT2D eigenvalue weighted by molar-refractivity contribution is 5.90. The maximum Gasteiger partial charge on any atom is 0.331 e. The Morgan fingerprint density at radius 2 is 2.00 bits per heavy atom. The van der Waals surface area contributed by atoms with Crippen molar-refractivity contribution in [2.45, 2.75) is 65.5 Å². The van der Waals surface area contributed by atoms with Gasteiger partial charge in [-0.2, -0.15) is 5.10 Å². The van der Waals surface area contributed by atoms with Crippen LogP contribution in [0.5, 0.6) is 0 Å². The predicted molar refractivity (Wildman–Crippen MR) is 96.8 cm³/mol. The van der Waals surface area contributed by atoms with Crippen molar-refractivity contribution in [3.05, 3.63) is 23.0 Å². The summed E-state index contributed by atoms with van der Waals surface area (Å²) in [6, 6.07) is 0.179. The fourth-order valence-corrected chi connectivity index (χ4v) is 3.28. The van der Waals surface area contributed by atoms with Gasteiger partial charge in [-0.05, 0) is 45.6 Å². The van der Waals surface area contributed by atoms with Crippen LogP contribution in [0.15, 0.2) is 6.08 Å². The third-order valence-electron chi connectivity index (χ3n) is 5.05. The van der Waals surface area contributed by atoms with Gasteiger partial charge in [0, 0.05) is 30.4 Å². The quantitative estimate of drug-likeness (QED) is 0.656. The molecule has 1 fully saturated rings. The number of nitrogens with one attached hydrogen (secondary N) is 1. The lowest BCUT2D eigenvalue weighted by Crippen LogP contribution is -2.45. The molecule has 0 saturated heterocycles. The number of aryl methyl sites for hydroxylation is 2. The van der Waals surface area contributed by atoms with E-state index in [1.165, 1.54) is 12.5 Å².